The number of nitrogens with zero attached hydrogens (tertiary/aromatic N) is 3. The molecule has 15 heteroatoms. The number of nitrogens with one attached hydrogen (secondary N) is 3. The Bertz CT molecular complexity index is 2570. The molecule has 4 aromatic carbocycles. The van der Waals surface area contributed by atoms with Crippen molar-refractivity contribution in [1.29, 1.82) is 0 Å². The normalized spacial score (nSPS) is 18.7. The van der Waals surface area contributed by atoms with Crippen LogP contribution in [0.1, 0.15) is 174 Å². The molecule has 4 N–H and O–H groups in total. The minimum atomic E-state index is -0.840. The Morgan fingerprint density at radius 3 is 1.17 bits per heavy atom. The molecule has 0 aromatic heterocycles. The number of carboxylic acid groups (broad SMARTS) is 1. The van der Waals surface area contributed by atoms with Crippen LogP contribution in [0.4, 0.5) is 9.59 Å². The lowest BCUT2D eigenvalue weighted by atomic mass is 9.92. The van der Waals surface area contributed by atoms with Gasteiger partial charge in [-0.25, -0.2) is 9.59 Å². The maximum Gasteiger partial charge on any atom is 0.410 e. The van der Waals surface area contributed by atoms with Crippen LogP contribution in [0.2, 0.25) is 0 Å². The molecule has 4 aliphatic rings. The number of benzene rings is 4. The van der Waals surface area contributed by atoms with Crippen molar-refractivity contribution >= 4 is 35.9 Å². The maximum atomic E-state index is 13.6. The van der Waals surface area contributed by atoms with Gasteiger partial charge in [0.05, 0.1) is 23.7 Å². The van der Waals surface area contributed by atoms with Crippen molar-refractivity contribution in [1.82, 2.24) is 30.7 Å². The van der Waals surface area contributed by atoms with Gasteiger partial charge in [0.2, 0.25) is 17.7 Å². The summed E-state index contributed by atoms with van der Waals surface area (Å²) in [6.07, 6.45) is 18.3. The second kappa shape index (κ2) is 38.0. The number of aliphatic carboxylic acids is 1. The number of piperidine rings is 4. The maximum absolute atomic E-state index is 13.6. The Hall–Kier alpha value is -6.74. The van der Waals surface area contributed by atoms with Crippen LogP contribution in [0.25, 0.3) is 0 Å². The first-order valence-corrected chi connectivity index (χ1v) is 32.7. The smallest absolute Gasteiger partial charge is 0.410 e. The summed E-state index contributed by atoms with van der Waals surface area (Å²) in [7, 11) is 0. The van der Waals surface area contributed by atoms with Crippen molar-refractivity contribution < 1.29 is 43.3 Å². The fraction of sp³-hybridized carbons (Fsp3) is 0.589. The molecular weight excluding hydrogens is 1100 g/mol. The molecule has 0 aliphatic carbocycles. The topological polar surface area (TPSA) is 187 Å². The average Bonchev–Trinajstić information content (AvgIpc) is 3.70. The van der Waals surface area contributed by atoms with Gasteiger partial charge >= 0.3 is 18.2 Å². The molecule has 0 saturated carbocycles. The number of carbonyl (C=O) groups is 6. The molecule has 4 heterocycles. The molecule has 4 saturated heterocycles. The third-order valence-corrected chi connectivity index (χ3v) is 16.8. The summed E-state index contributed by atoms with van der Waals surface area (Å²) >= 11 is 0. The number of ether oxygens (including phenoxy) is 2. The van der Waals surface area contributed by atoms with Crippen molar-refractivity contribution in [2.45, 2.75) is 201 Å². The SMILES string of the molecule is C.CC(C)(C)OC(=O)N1CCCC(C(=O)N2CCCC(C(=O)NC(CCCc3ccccc3)CCCc3ccccc3)C2)C1.CC(C)(C)OC(=O)N1CCCC(C(=O)O)C1.O=C(NC(CCCc1ccccc1)CCCc1ccccc1)C1CCCNC1. The van der Waals surface area contributed by atoms with Gasteiger partial charge in [-0.1, -0.05) is 129 Å². The highest BCUT2D eigenvalue weighted by Gasteiger charge is 2.37. The number of likely N-dealkylation sites (tertiary alicyclic amines) is 3. The van der Waals surface area contributed by atoms with Crippen LogP contribution in [0.3, 0.4) is 0 Å². The van der Waals surface area contributed by atoms with Gasteiger partial charge in [0.15, 0.2) is 0 Å². The molecule has 4 fully saturated rings. The van der Waals surface area contributed by atoms with Crippen LogP contribution in [0, 0.1) is 23.7 Å². The Balaban J connectivity index is 0.000000267. The van der Waals surface area contributed by atoms with E-state index in [0.29, 0.717) is 39.1 Å². The zero-order chi connectivity index (χ0) is 62.4. The molecule has 484 valence electrons. The summed E-state index contributed by atoms with van der Waals surface area (Å²) in [5.74, 6) is -1.22. The van der Waals surface area contributed by atoms with Gasteiger partial charge in [0, 0.05) is 57.9 Å². The summed E-state index contributed by atoms with van der Waals surface area (Å²) in [6, 6.07) is 42.7. The molecule has 8 rings (SSSR count). The standard InChI is InChI=1S/C36H51N3O4.C25H34N2O.C11H19NO4.CH4/c1-36(2,3)43-35(42)39-25-13-21-31(27-39)34(41)38-24-12-20-30(26-38)33(40)37-32(22-10-18-28-14-6-4-7-15-28)23-11-19-29-16-8-5-9-17-29;28-25(23-16-9-19-26-20-23)27-24(17-7-14-21-10-3-1-4-11-21)18-8-15-22-12-5-2-6-13-22;1-11(2,3)16-10(15)12-6-4-5-8(7-12)9(13)14;/h4-9,14-17,30-32H,10-13,18-27H2,1-3H3,(H,37,40);1-6,10-13,23-24,26H,7-9,14-20H2,(H,27,28);8H,4-7H2,1-3H3,(H,13,14);1H4. The quantitative estimate of drug-likeness (QED) is 0.0590. The number of aryl methyl sites for hydroxylation is 4. The lowest BCUT2D eigenvalue weighted by Gasteiger charge is -2.38. The van der Waals surface area contributed by atoms with Crippen molar-refractivity contribution in [2.75, 3.05) is 52.4 Å². The van der Waals surface area contributed by atoms with Crippen LogP contribution < -0.4 is 16.0 Å². The van der Waals surface area contributed by atoms with E-state index in [4.69, 9.17) is 14.6 Å². The average molecular weight is 1210 g/mol. The van der Waals surface area contributed by atoms with E-state index in [1.807, 2.05) is 37.8 Å². The lowest BCUT2D eigenvalue weighted by molar-refractivity contribution is -0.143. The van der Waals surface area contributed by atoms with Crippen LogP contribution in [-0.2, 0) is 54.3 Å². The van der Waals surface area contributed by atoms with E-state index >= 15 is 0 Å². The first-order chi connectivity index (χ1) is 41.8. The lowest BCUT2D eigenvalue weighted by Crippen LogP contribution is -2.52. The van der Waals surface area contributed by atoms with Gasteiger partial charge in [-0.2, -0.15) is 0 Å². The van der Waals surface area contributed by atoms with Gasteiger partial charge in [0.1, 0.15) is 11.2 Å². The molecule has 4 atom stereocenters. The first-order valence-electron chi connectivity index (χ1n) is 32.7. The van der Waals surface area contributed by atoms with E-state index in [2.05, 4.69) is 125 Å². The van der Waals surface area contributed by atoms with Crippen LogP contribution in [0.15, 0.2) is 121 Å². The third-order valence-electron chi connectivity index (χ3n) is 16.8. The monoisotopic (exact) mass is 1210 g/mol. The molecule has 0 bridgehead atoms. The van der Waals surface area contributed by atoms with Gasteiger partial charge in [0.25, 0.3) is 0 Å². The first kappa shape index (κ1) is 72.0. The van der Waals surface area contributed by atoms with Crippen LogP contribution in [-0.4, -0.2) is 131 Å². The minimum absolute atomic E-state index is 0. The molecule has 5 amide bonds. The number of carbonyl (C=O) groups excluding carboxylic acids is 5. The molecule has 4 aliphatic heterocycles. The van der Waals surface area contributed by atoms with Crippen molar-refractivity contribution in [3.8, 4) is 0 Å². The molecule has 4 aromatic rings. The zero-order valence-electron chi connectivity index (χ0n) is 53.4. The van der Waals surface area contributed by atoms with E-state index in [0.717, 1.165) is 135 Å². The molecule has 0 spiro atoms. The highest BCUT2D eigenvalue weighted by molar-refractivity contribution is 5.83. The fourth-order valence-corrected chi connectivity index (χ4v) is 12.1. The van der Waals surface area contributed by atoms with Crippen molar-refractivity contribution in [3.63, 3.8) is 0 Å². The molecule has 15 nitrogen and oxygen atoms in total. The minimum Gasteiger partial charge on any atom is -0.481 e. The molecule has 88 heavy (non-hydrogen) atoms. The van der Waals surface area contributed by atoms with E-state index in [-0.39, 0.29) is 67.6 Å². The summed E-state index contributed by atoms with van der Waals surface area (Å²) in [6.45, 7) is 15.8. The largest absolute Gasteiger partial charge is 0.481 e. The summed E-state index contributed by atoms with van der Waals surface area (Å²) in [4.78, 5) is 80.0. The molecule has 4 unspecified atom stereocenters. The van der Waals surface area contributed by atoms with E-state index in [1.54, 1.807) is 25.7 Å². The number of rotatable bonds is 22. The number of hydrogen-bond donors (Lipinski definition) is 4. The fourth-order valence-electron chi connectivity index (χ4n) is 12.1. The second-order valence-corrected chi connectivity index (χ2v) is 26.5. The van der Waals surface area contributed by atoms with Crippen LogP contribution in [0.5, 0.6) is 0 Å². The Morgan fingerprint density at radius 1 is 0.477 bits per heavy atom. The Kier molecular flexibility index (Phi) is 31.1. The van der Waals surface area contributed by atoms with E-state index < -0.39 is 29.2 Å². The Labute approximate surface area is 527 Å². The van der Waals surface area contributed by atoms with Gasteiger partial charge in [-0.3, -0.25) is 19.2 Å². The van der Waals surface area contributed by atoms with Gasteiger partial charge in [-0.15, -0.1) is 0 Å². The number of amides is 5. The summed E-state index contributed by atoms with van der Waals surface area (Å²) in [5, 5.41) is 19.0. The van der Waals surface area contributed by atoms with Gasteiger partial charge < -0.3 is 45.2 Å². The van der Waals surface area contributed by atoms with Crippen LogP contribution >= 0.6 is 0 Å². The summed E-state index contributed by atoms with van der Waals surface area (Å²) < 4.78 is 10.8. The van der Waals surface area contributed by atoms with E-state index in [1.165, 1.54) is 27.2 Å². The summed E-state index contributed by atoms with van der Waals surface area (Å²) in [5.41, 5.74) is 4.31. The highest BCUT2D eigenvalue weighted by atomic mass is 16.6. The number of hydrogen-bond acceptors (Lipinski definition) is 9. The number of carboxylic acids is 1. The van der Waals surface area contributed by atoms with E-state index in [9.17, 15) is 28.8 Å². The van der Waals surface area contributed by atoms with Crippen molar-refractivity contribution in [2.24, 2.45) is 23.7 Å². The second-order valence-electron chi connectivity index (χ2n) is 26.5. The third kappa shape index (κ3) is 27.3. The molecule has 0 radical (unpaired) electrons. The predicted octanol–water partition coefficient (Wildman–Crippen LogP) is 13.3. The van der Waals surface area contributed by atoms with Gasteiger partial charge in [-0.05, 0) is 199 Å². The highest BCUT2D eigenvalue weighted by Crippen LogP contribution is 2.26. The van der Waals surface area contributed by atoms with Crippen molar-refractivity contribution in [3.05, 3.63) is 144 Å². The zero-order valence-corrected chi connectivity index (χ0v) is 53.4. The molecular formula is C73H108N6O9. The Morgan fingerprint density at radius 2 is 0.807 bits per heavy atom. The predicted molar refractivity (Wildman–Crippen MR) is 352 cm³/mol.